The number of rotatable bonds is 4. The molecule has 0 aromatic heterocycles. The first kappa shape index (κ1) is 13.0. The average Bonchev–Trinajstić information content (AvgIpc) is 2.26. The molecular weight excluding hydrogens is 226 g/mol. The number of benzene rings is 1. The highest BCUT2D eigenvalue weighted by Crippen LogP contribution is 2.24. The van der Waals surface area contributed by atoms with E-state index < -0.39 is 6.04 Å². The van der Waals surface area contributed by atoms with Crippen LogP contribution >= 0.6 is 11.6 Å². The van der Waals surface area contributed by atoms with Crippen molar-refractivity contribution in [1.29, 1.82) is 0 Å². The summed E-state index contributed by atoms with van der Waals surface area (Å²) in [6.45, 7) is 3.80. The molecule has 1 aromatic rings. The van der Waals surface area contributed by atoms with Gasteiger partial charge in [0.25, 0.3) is 0 Å². The molecule has 16 heavy (non-hydrogen) atoms. The van der Waals surface area contributed by atoms with Crippen LogP contribution in [0, 0.1) is 5.92 Å². The van der Waals surface area contributed by atoms with Crippen LogP contribution in [0.1, 0.15) is 24.2 Å². The minimum atomic E-state index is -0.535. The van der Waals surface area contributed by atoms with E-state index in [1.165, 1.54) is 7.11 Å². The third kappa shape index (κ3) is 2.74. The maximum absolute atomic E-state index is 12.1. The van der Waals surface area contributed by atoms with Crippen LogP contribution < -0.4 is 10.5 Å². The minimum absolute atomic E-state index is 0.0798. The number of carbonyl (C=O) groups is 1. The van der Waals surface area contributed by atoms with Gasteiger partial charge in [-0.25, -0.2) is 0 Å². The van der Waals surface area contributed by atoms with Crippen LogP contribution in [0.4, 0.5) is 0 Å². The standard InChI is InChI=1S/C12H16ClNO2/c1-7(2)11(14)12(15)9-6-8(13)4-5-10(9)16-3/h4-7,11H,14H2,1-3H3. The Morgan fingerprint density at radius 3 is 2.56 bits per heavy atom. The first-order valence-electron chi connectivity index (χ1n) is 5.10. The molecule has 0 saturated heterocycles. The zero-order chi connectivity index (χ0) is 12.3. The normalized spacial score (nSPS) is 12.6. The number of Topliss-reactive ketones (excluding diaryl/α,β-unsaturated/α-hetero) is 1. The van der Waals surface area contributed by atoms with E-state index in [9.17, 15) is 4.79 Å². The van der Waals surface area contributed by atoms with Crippen molar-refractivity contribution in [3.05, 3.63) is 28.8 Å². The van der Waals surface area contributed by atoms with Crippen molar-refractivity contribution in [1.82, 2.24) is 0 Å². The first-order chi connectivity index (χ1) is 7.47. The summed E-state index contributed by atoms with van der Waals surface area (Å²) in [5.41, 5.74) is 6.26. The molecule has 4 heteroatoms. The zero-order valence-electron chi connectivity index (χ0n) is 9.66. The van der Waals surface area contributed by atoms with Gasteiger partial charge >= 0.3 is 0 Å². The van der Waals surface area contributed by atoms with Gasteiger partial charge in [-0.15, -0.1) is 0 Å². The Labute approximate surface area is 101 Å². The number of methoxy groups -OCH3 is 1. The van der Waals surface area contributed by atoms with Crippen LogP contribution in [-0.4, -0.2) is 18.9 Å². The van der Waals surface area contributed by atoms with Gasteiger partial charge in [-0.1, -0.05) is 25.4 Å². The second kappa shape index (κ2) is 5.32. The lowest BCUT2D eigenvalue weighted by molar-refractivity contribution is 0.0937. The fourth-order valence-electron chi connectivity index (χ4n) is 1.36. The molecule has 0 aliphatic carbocycles. The van der Waals surface area contributed by atoms with Gasteiger partial charge in [-0.3, -0.25) is 4.79 Å². The second-order valence-corrected chi connectivity index (χ2v) is 4.42. The van der Waals surface area contributed by atoms with Crippen LogP contribution in [0.5, 0.6) is 5.75 Å². The van der Waals surface area contributed by atoms with E-state index >= 15 is 0 Å². The molecule has 0 aliphatic rings. The summed E-state index contributed by atoms with van der Waals surface area (Å²) in [5.74, 6) is 0.441. The molecule has 0 fully saturated rings. The van der Waals surface area contributed by atoms with Gasteiger partial charge in [0.05, 0.1) is 18.7 Å². The fraction of sp³-hybridized carbons (Fsp3) is 0.417. The van der Waals surface area contributed by atoms with Crippen LogP contribution in [-0.2, 0) is 0 Å². The molecule has 0 saturated carbocycles. The number of ether oxygens (including phenoxy) is 1. The minimum Gasteiger partial charge on any atom is -0.496 e. The smallest absolute Gasteiger partial charge is 0.183 e. The highest BCUT2D eigenvalue weighted by molar-refractivity contribution is 6.31. The number of nitrogens with two attached hydrogens (primary N) is 1. The van der Waals surface area contributed by atoms with Gasteiger partial charge in [-0.2, -0.15) is 0 Å². The number of ketones is 1. The Kier molecular flexibility index (Phi) is 4.33. The van der Waals surface area contributed by atoms with Gasteiger partial charge < -0.3 is 10.5 Å². The average molecular weight is 242 g/mol. The lowest BCUT2D eigenvalue weighted by atomic mass is 9.95. The van der Waals surface area contributed by atoms with Crippen molar-refractivity contribution in [3.8, 4) is 5.75 Å². The topological polar surface area (TPSA) is 52.3 Å². The zero-order valence-corrected chi connectivity index (χ0v) is 10.4. The van der Waals surface area contributed by atoms with E-state index in [1.807, 2.05) is 13.8 Å². The van der Waals surface area contributed by atoms with Gasteiger partial charge in [0.1, 0.15) is 5.75 Å². The molecule has 0 spiro atoms. The Hall–Kier alpha value is -1.06. The molecule has 88 valence electrons. The molecule has 0 amide bonds. The first-order valence-corrected chi connectivity index (χ1v) is 5.48. The monoisotopic (exact) mass is 241 g/mol. The Morgan fingerprint density at radius 2 is 2.06 bits per heavy atom. The van der Waals surface area contributed by atoms with E-state index in [-0.39, 0.29) is 11.7 Å². The van der Waals surface area contributed by atoms with E-state index in [0.29, 0.717) is 16.3 Å². The summed E-state index contributed by atoms with van der Waals surface area (Å²) >= 11 is 5.85. The number of hydrogen-bond acceptors (Lipinski definition) is 3. The highest BCUT2D eigenvalue weighted by atomic mass is 35.5. The second-order valence-electron chi connectivity index (χ2n) is 3.98. The number of hydrogen-bond donors (Lipinski definition) is 1. The van der Waals surface area contributed by atoms with Gasteiger partial charge in [0, 0.05) is 5.02 Å². The van der Waals surface area contributed by atoms with Crippen molar-refractivity contribution in [2.75, 3.05) is 7.11 Å². The highest BCUT2D eigenvalue weighted by Gasteiger charge is 2.22. The summed E-state index contributed by atoms with van der Waals surface area (Å²) < 4.78 is 5.12. The molecule has 3 nitrogen and oxygen atoms in total. The van der Waals surface area contributed by atoms with E-state index in [0.717, 1.165) is 0 Å². The van der Waals surface area contributed by atoms with Gasteiger partial charge in [-0.05, 0) is 24.1 Å². The van der Waals surface area contributed by atoms with E-state index in [4.69, 9.17) is 22.1 Å². The van der Waals surface area contributed by atoms with Crippen LogP contribution in [0.15, 0.2) is 18.2 Å². The molecule has 2 N–H and O–H groups in total. The predicted molar refractivity (Wildman–Crippen MR) is 65.1 cm³/mol. The Balaban J connectivity index is 3.11. The van der Waals surface area contributed by atoms with Crippen molar-refractivity contribution >= 4 is 17.4 Å². The van der Waals surface area contributed by atoms with Crippen molar-refractivity contribution in [2.45, 2.75) is 19.9 Å². The summed E-state index contributed by atoms with van der Waals surface area (Å²) in [6.07, 6.45) is 0. The molecule has 0 radical (unpaired) electrons. The Bertz CT molecular complexity index is 391. The predicted octanol–water partition coefficient (Wildman–Crippen LogP) is 2.51. The molecule has 1 unspecified atom stereocenters. The Morgan fingerprint density at radius 1 is 1.44 bits per heavy atom. The van der Waals surface area contributed by atoms with Gasteiger partial charge in [0.2, 0.25) is 0 Å². The van der Waals surface area contributed by atoms with Crippen molar-refractivity contribution in [2.24, 2.45) is 11.7 Å². The quantitative estimate of drug-likeness (QED) is 0.825. The maximum Gasteiger partial charge on any atom is 0.183 e. The molecule has 1 aromatic carbocycles. The van der Waals surface area contributed by atoms with Crippen LogP contribution in [0.2, 0.25) is 5.02 Å². The molecule has 1 rings (SSSR count). The third-order valence-electron chi connectivity index (χ3n) is 2.45. The lowest BCUT2D eigenvalue weighted by Gasteiger charge is -2.16. The maximum atomic E-state index is 12.1. The molecular formula is C12H16ClNO2. The van der Waals surface area contributed by atoms with Crippen molar-refractivity contribution in [3.63, 3.8) is 0 Å². The molecule has 1 atom stereocenters. The number of halogens is 1. The largest absolute Gasteiger partial charge is 0.496 e. The fourth-order valence-corrected chi connectivity index (χ4v) is 1.53. The summed E-state index contributed by atoms with van der Waals surface area (Å²) in [7, 11) is 1.51. The van der Waals surface area contributed by atoms with Crippen molar-refractivity contribution < 1.29 is 9.53 Å². The molecule has 0 aliphatic heterocycles. The van der Waals surface area contributed by atoms with E-state index in [2.05, 4.69) is 0 Å². The van der Waals surface area contributed by atoms with Crippen LogP contribution in [0.3, 0.4) is 0 Å². The SMILES string of the molecule is COc1ccc(Cl)cc1C(=O)C(N)C(C)C. The summed E-state index contributed by atoms with van der Waals surface area (Å²) in [5, 5.41) is 0.500. The number of carbonyl (C=O) groups excluding carboxylic acids is 1. The van der Waals surface area contributed by atoms with E-state index in [1.54, 1.807) is 18.2 Å². The molecule has 0 bridgehead atoms. The summed E-state index contributed by atoms with van der Waals surface area (Å²) in [6, 6.07) is 4.40. The van der Waals surface area contributed by atoms with Gasteiger partial charge in [0.15, 0.2) is 5.78 Å². The lowest BCUT2D eigenvalue weighted by Crippen LogP contribution is -2.35. The summed E-state index contributed by atoms with van der Waals surface area (Å²) in [4.78, 5) is 12.1. The third-order valence-corrected chi connectivity index (χ3v) is 2.68. The van der Waals surface area contributed by atoms with Crippen LogP contribution in [0.25, 0.3) is 0 Å². The molecule has 0 heterocycles.